The molecule has 8 nitrogen and oxygen atoms in total. The number of hydrogen-bond donors (Lipinski definition) is 3. The minimum absolute atomic E-state index is 0.121. The highest BCUT2D eigenvalue weighted by Crippen LogP contribution is 2.33. The molecule has 1 atom stereocenters. The molecule has 0 saturated heterocycles. The van der Waals surface area contributed by atoms with Crippen molar-refractivity contribution >= 4 is 21.4 Å². The van der Waals surface area contributed by atoms with E-state index in [-0.39, 0.29) is 17.1 Å². The highest BCUT2D eigenvalue weighted by molar-refractivity contribution is 7.89. The third kappa shape index (κ3) is 7.45. The largest absolute Gasteiger partial charge is 0.490 e. The van der Waals surface area contributed by atoms with E-state index in [0.717, 1.165) is 23.3 Å². The maximum absolute atomic E-state index is 13.5. The number of benzene rings is 4. The molecule has 0 radical (unpaired) electrons. The molecule has 1 aliphatic heterocycles. The van der Waals surface area contributed by atoms with Gasteiger partial charge in [0.05, 0.1) is 29.4 Å². The Bertz CT molecular complexity index is 1840. The SMILES string of the molecule is CCOc1ccc(CCNS(=O)(=O)c2cc(C3=NN[C@H](Nc4cccc(C(F)(F)F)c4)c4ccccc43)ccc2C)cc1OCC. The number of fused-ring (bicyclic) bond motifs is 1. The fourth-order valence-electron chi connectivity index (χ4n) is 5.20. The van der Waals surface area contributed by atoms with Gasteiger partial charge in [-0.3, -0.25) is 5.43 Å². The Hall–Kier alpha value is -4.55. The van der Waals surface area contributed by atoms with Gasteiger partial charge in [-0.2, -0.15) is 18.3 Å². The Balaban J connectivity index is 1.34. The van der Waals surface area contributed by atoms with Crippen LogP contribution in [0.25, 0.3) is 0 Å². The van der Waals surface area contributed by atoms with E-state index in [1.165, 1.54) is 6.07 Å². The van der Waals surface area contributed by atoms with Crippen LogP contribution in [0.5, 0.6) is 11.5 Å². The average molecular weight is 653 g/mol. The van der Waals surface area contributed by atoms with E-state index in [4.69, 9.17) is 9.47 Å². The minimum Gasteiger partial charge on any atom is -0.490 e. The third-order valence-electron chi connectivity index (χ3n) is 7.40. The Labute approximate surface area is 266 Å². The summed E-state index contributed by atoms with van der Waals surface area (Å²) in [6, 6.07) is 22.9. The molecular formula is C34H35F3N4O4S. The predicted molar refractivity (Wildman–Crippen MR) is 172 cm³/mol. The normalized spacial score (nSPS) is 14.6. The Morgan fingerprint density at radius 2 is 1.65 bits per heavy atom. The van der Waals surface area contributed by atoms with Crippen molar-refractivity contribution in [1.29, 1.82) is 0 Å². The first kappa shape index (κ1) is 32.8. The average Bonchev–Trinajstić information content (AvgIpc) is 3.02. The van der Waals surface area contributed by atoms with Crippen molar-refractivity contribution < 1.29 is 31.1 Å². The predicted octanol–water partition coefficient (Wildman–Crippen LogP) is 6.80. The fraction of sp³-hybridized carbons (Fsp3) is 0.265. The Morgan fingerprint density at radius 1 is 0.891 bits per heavy atom. The topological polar surface area (TPSA) is 101 Å². The summed E-state index contributed by atoms with van der Waals surface area (Å²) in [5.74, 6) is 1.25. The lowest BCUT2D eigenvalue weighted by Crippen LogP contribution is -2.32. The van der Waals surface area contributed by atoms with Crippen LogP contribution in [0.4, 0.5) is 18.9 Å². The number of halogens is 3. The van der Waals surface area contributed by atoms with Gasteiger partial charge in [0.25, 0.3) is 0 Å². The molecule has 5 rings (SSSR count). The molecule has 0 fully saturated rings. The van der Waals surface area contributed by atoms with Crippen molar-refractivity contribution in [3.05, 3.63) is 118 Å². The standard InChI is InChI=1S/C34H35F3N4O4S/c1-4-44-29-16-14-23(19-30(29)45-5-2)17-18-38-46(42,43)31-20-24(15-13-22(31)3)32-27-11-6-7-12-28(27)33(41-40-32)39-26-10-8-9-25(21-26)34(35,36)37/h6-16,19-21,33,38-39,41H,4-5,17-18H2,1-3H3/t33-/m0/s1. The van der Waals surface area contributed by atoms with Gasteiger partial charge in [0.1, 0.15) is 6.17 Å². The number of ether oxygens (including phenoxy) is 2. The van der Waals surface area contributed by atoms with E-state index < -0.39 is 27.9 Å². The number of alkyl halides is 3. The van der Waals surface area contributed by atoms with Gasteiger partial charge < -0.3 is 14.8 Å². The summed E-state index contributed by atoms with van der Waals surface area (Å²) in [7, 11) is -3.89. The van der Waals surface area contributed by atoms with Crippen molar-refractivity contribution in [1.82, 2.24) is 10.1 Å². The summed E-state index contributed by atoms with van der Waals surface area (Å²) in [6.45, 7) is 6.65. The maximum Gasteiger partial charge on any atom is 0.416 e. The Morgan fingerprint density at radius 3 is 2.41 bits per heavy atom. The minimum atomic E-state index is -4.47. The van der Waals surface area contributed by atoms with E-state index in [1.807, 2.05) is 56.3 Å². The van der Waals surface area contributed by atoms with E-state index in [9.17, 15) is 21.6 Å². The van der Waals surface area contributed by atoms with Gasteiger partial charge in [0, 0.05) is 28.9 Å². The monoisotopic (exact) mass is 652 g/mol. The maximum atomic E-state index is 13.5. The lowest BCUT2D eigenvalue weighted by molar-refractivity contribution is -0.137. The highest BCUT2D eigenvalue weighted by Gasteiger charge is 2.31. The third-order valence-corrected chi connectivity index (χ3v) is 9.00. The van der Waals surface area contributed by atoms with Gasteiger partial charge in [-0.25, -0.2) is 13.1 Å². The van der Waals surface area contributed by atoms with E-state index in [0.29, 0.717) is 53.5 Å². The molecule has 4 aromatic carbocycles. The van der Waals surface area contributed by atoms with Crippen LogP contribution in [-0.4, -0.2) is 33.9 Å². The summed E-state index contributed by atoms with van der Waals surface area (Å²) in [5, 5.41) is 7.62. The smallest absolute Gasteiger partial charge is 0.416 e. The highest BCUT2D eigenvalue weighted by atomic mass is 32.2. The first-order valence-corrected chi connectivity index (χ1v) is 16.3. The molecule has 0 bridgehead atoms. The molecule has 0 amide bonds. The van der Waals surface area contributed by atoms with Crippen molar-refractivity contribution in [2.45, 2.75) is 44.4 Å². The van der Waals surface area contributed by atoms with Crippen LogP contribution in [0.2, 0.25) is 0 Å². The van der Waals surface area contributed by atoms with Crippen LogP contribution >= 0.6 is 0 Å². The van der Waals surface area contributed by atoms with Crippen molar-refractivity contribution in [3.63, 3.8) is 0 Å². The molecule has 1 aliphatic rings. The Kier molecular flexibility index (Phi) is 9.88. The zero-order valence-corrected chi connectivity index (χ0v) is 26.4. The lowest BCUT2D eigenvalue weighted by Gasteiger charge is -2.28. The van der Waals surface area contributed by atoms with E-state index in [2.05, 4.69) is 20.6 Å². The summed E-state index contributed by atoms with van der Waals surface area (Å²) >= 11 is 0. The number of anilines is 1. The van der Waals surface area contributed by atoms with Gasteiger partial charge in [0.15, 0.2) is 11.5 Å². The zero-order chi connectivity index (χ0) is 32.9. The lowest BCUT2D eigenvalue weighted by atomic mass is 9.94. The zero-order valence-electron chi connectivity index (χ0n) is 25.6. The van der Waals surface area contributed by atoms with Crippen LogP contribution in [0, 0.1) is 6.92 Å². The van der Waals surface area contributed by atoms with Gasteiger partial charge in [-0.05, 0) is 74.7 Å². The molecule has 12 heteroatoms. The van der Waals surface area contributed by atoms with Gasteiger partial charge in [-0.15, -0.1) is 0 Å². The summed E-state index contributed by atoms with van der Waals surface area (Å²) in [5.41, 5.74) is 6.50. The van der Waals surface area contributed by atoms with Crippen LogP contribution in [0.1, 0.15) is 53.4 Å². The number of rotatable bonds is 12. The van der Waals surface area contributed by atoms with Crippen molar-refractivity contribution in [3.8, 4) is 11.5 Å². The molecular weight excluding hydrogens is 617 g/mol. The first-order chi connectivity index (χ1) is 22.0. The molecule has 46 heavy (non-hydrogen) atoms. The molecule has 242 valence electrons. The number of sulfonamides is 1. The van der Waals surface area contributed by atoms with Crippen molar-refractivity contribution in [2.24, 2.45) is 5.10 Å². The second-order valence-corrected chi connectivity index (χ2v) is 12.3. The number of hydrogen-bond acceptors (Lipinski definition) is 7. The summed E-state index contributed by atoms with van der Waals surface area (Å²) < 4.78 is 80.8. The number of nitrogens with zero attached hydrogens (tertiary/aromatic N) is 1. The molecule has 1 heterocycles. The van der Waals surface area contributed by atoms with Crippen LogP contribution in [0.15, 0.2) is 94.9 Å². The van der Waals surface area contributed by atoms with Gasteiger partial charge >= 0.3 is 6.18 Å². The number of nitrogens with one attached hydrogen (secondary N) is 3. The quantitative estimate of drug-likeness (QED) is 0.156. The summed E-state index contributed by atoms with van der Waals surface area (Å²) in [4.78, 5) is 0.121. The molecule has 0 unspecified atom stereocenters. The fourth-order valence-corrected chi connectivity index (χ4v) is 6.50. The molecule has 0 saturated carbocycles. The number of aryl methyl sites for hydroxylation is 1. The second kappa shape index (κ2) is 13.8. The van der Waals surface area contributed by atoms with Crippen molar-refractivity contribution in [2.75, 3.05) is 25.1 Å². The van der Waals surface area contributed by atoms with Crippen LogP contribution in [-0.2, 0) is 22.6 Å². The molecule has 0 aliphatic carbocycles. The second-order valence-electron chi connectivity index (χ2n) is 10.6. The van der Waals surface area contributed by atoms with Gasteiger partial charge in [-0.1, -0.05) is 48.5 Å². The summed E-state index contributed by atoms with van der Waals surface area (Å²) in [6.07, 6.45) is -4.65. The van der Waals surface area contributed by atoms with Crippen LogP contribution in [0.3, 0.4) is 0 Å². The molecule has 0 aromatic heterocycles. The van der Waals surface area contributed by atoms with Gasteiger partial charge in [0.2, 0.25) is 10.0 Å². The van der Waals surface area contributed by atoms with Crippen LogP contribution < -0.4 is 24.9 Å². The van der Waals surface area contributed by atoms with E-state index >= 15 is 0 Å². The molecule has 3 N–H and O–H groups in total. The molecule has 0 spiro atoms. The molecule has 4 aromatic rings. The van der Waals surface area contributed by atoms with E-state index in [1.54, 1.807) is 31.2 Å². The number of hydrazone groups is 1. The first-order valence-electron chi connectivity index (χ1n) is 14.9.